The zero-order valence-corrected chi connectivity index (χ0v) is 16.9. The predicted octanol–water partition coefficient (Wildman–Crippen LogP) is 2.91. The number of aryl methyl sites for hydroxylation is 1. The molecular weight excluding hydrogens is 368 g/mol. The summed E-state index contributed by atoms with van der Waals surface area (Å²) < 4.78 is 25.6. The Hall–Kier alpha value is -1.35. The van der Waals surface area contributed by atoms with E-state index in [1.165, 1.54) is 22.7 Å². The number of aromatic nitrogens is 2. The quantitative estimate of drug-likeness (QED) is 0.728. The molecule has 26 heavy (non-hydrogen) atoms. The summed E-state index contributed by atoms with van der Waals surface area (Å²) in [6, 6.07) is 8.47. The van der Waals surface area contributed by atoms with Gasteiger partial charge in [-0.05, 0) is 18.9 Å². The molecule has 0 saturated carbocycles. The Labute approximate surface area is 161 Å². The van der Waals surface area contributed by atoms with Gasteiger partial charge in [0.1, 0.15) is 11.2 Å². The van der Waals surface area contributed by atoms with E-state index in [0.717, 1.165) is 56.4 Å². The van der Waals surface area contributed by atoms with Crippen LogP contribution in [0.1, 0.15) is 36.7 Å². The second-order valence-corrected chi connectivity index (χ2v) is 8.52. The van der Waals surface area contributed by atoms with Crippen molar-refractivity contribution in [3.63, 3.8) is 0 Å². The van der Waals surface area contributed by atoms with Crippen LogP contribution < -0.4 is 4.90 Å². The fraction of sp³-hybridized carbons (Fsp3) is 0.556. The van der Waals surface area contributed by atoms with Crippen LogP contribution in [0.25, 0.3) is 0 Å². The van der Waals surface area contributed by atoms with Gasteiger partial charge < -0.3 is 9.45 Å². The van der Waals surface area contributed by atoms with Gasteiger partial charge in [-0.3, -0.25) is 4.90 Å². The van der Waals surface area contributed by atoms with E-state index >= 15 is 0 Å². The van der Waals surface area contributed by atoms with Crippen LogP contribution in [0.15, 0.2) is 24.3 Å². The number of benzene rings is 1. The van der Waals surface area contributed by atoms with Gasteiger partial charge in [0, 0.05) is 44.1 Å². The molecular formula is C18H26N4O2S2. The van der Waals surface area contributed by atoms with Crippen molar-refractivity contribution in [1.29, 1.82) is 0 Å². The van der Waals surface area contributed by atoms with E-state index in [2.05, 4.69) is 45.4 Å². The lowest BCUT2D eigenvalue weighted by atomic mass is 10.1. The van der Waals surface area contributed by atoms with Gasteiger partial charge in [-0.25, -0.2) is 9.19 Å². The Morgan fingerprint density at radius 2 is 1.92 bits per heavy atom. The fourth-order valence-corrected chi connectivity index (χ4v) is 4.83. The van der Waals surface area contributed by atoms with Crippen molar-refractivity contribution in [3.8, 4) is 0 Å². The minimum absolute atomic E-state index is 0.256. The fourth-order valence-electron chi connectivity index (χ4n) is 3.19. The van der Waals surface area contributed by atoms with E-state index in [1.54, 1.807) is 0 Å². The van der Waals surface area contributed by atoms with Gasteiger partial charge in [0.25, 0.3) is 0 Å². The second kappa shape index (κ2) is 9.03. The average Bonchev–Trinajstić information content (AvgIpc) is 3.10. The molecule has 1 saturated heterocycles. The molecule has 0 amide bonds. The lowest BCUT2D eigenvalue weighted by molar-refractivity contribution is 0.222. The van der Waals surface area contributed by atoms with Gasteiger partial charge in [-0.15, -0.1) is 0 Å². The van der Waals surface area contributed by atoms with E-state index in [1.807, 2.05) is 6.92 Å². The highest BCUT2D eigenvalue weighted by Crippen LogP contribution is 2.22. The van der Waals surface area contributed by atoms with Gasteiger partial charge in [0.2, 0.25) is 5.13 Å². The largest absolute Gasteiger partial charge is 0.344 e. The maximum atomic E-state index is 11.6. The molecule has 8 heteroatoms. The molecule has 6 nitrogen and oxygen atoms in total. The van der Waals surface area contributed by atoms with Gasteiger partial charge in [0.15, 0.2) is 11.1 Å². The van der Waals surface area contributed by atoms with E-state index in [9.17, 15) is 8.76 Å². The van der Waals surface area contributed by atoms with Gasteiger partial charge in [-0.1, -0.05) is 43.2 Å². The summed E-state index contributed by atoms with van der Waals surface area (Å²) in [5, 5.41) is 0.692. The van der Waals surface area contributed by atoms with Crippen molar-refractivity contribution in [3.05, 3.63) is 41.2 Å². The average molecular weight is 395 g/mol. The van der Waals surface area contributed by atoms with Crippen molar-refractivity contribution in [2.45, 2.75) is 38.5 Å². The summed E-state index contributed by atoms with van der Waals surface area (Å²) in [5.74, 6) is 0.858. The van der Waals surface area contributed by atoms with Gasteiger partial charge >= 0.3 is 0 Å². The van der Waals surface area contributed by atoms with Crippen LogP contribution >= 0.6 is 11.5 Å². The maximum absolute atomic E-state index is 11.6. The number of anilines is 1. The third kappa shape index (κ3) is 4.88. The summed E-state index contributed by atoms with van der Waals surface area (Å²) in [6.07, 6.45) is 2.41. The standard InChI is InChI=1S/C18H26N4O2S2/c1-3-4-17(26(23)24)21-9-11-22(12-10-21)18-19-16(20-25-18)13-15-7-5-14(2)6-8-15/h5-8,17H,3-4,9-13H2,1-2H3,(H,23,24). The Morgan fingerprint density at radius 3 is 2.54 bits per heavy atom. The Morgan fingerprint density at radius 1 is 1.23 bits per heavy atom. The summed E-state index contributed by atoms with van der Waals surface area (Å²) in [5.41, 5.74) is 2.47. The van der Waals surface area contributed by atoms with Crippen LogP contribution in [0.2, 0.25) is 0 Å². The number of piperazine rings is 1. The molecule has 1 N–H and O–H groups in total. The molecule has 2 aromatic rings. The lowest BCUT2D eigenvalue weighted by Gasteiger charge is -2.37. The Kier molecular flexibility index (Phi) is 6.74. The Balaban J connectivity index is 1.57. The van der Waals surface area contributed by atoms with Crippen molar-refractivity contribution < 1.29 is 8.76 Å². The van der Waals surface area contributed by atoms with Gasteiger partial charge in [0.05, 0.1) is 0 Å². The molecule has 1 aliphatic rings. The van der Waals surface area contributed by atoms with Crippen molar-refractivity contribution in [2.75, 3.05) is 31.1 Å². The topological polar surface area (TPSA) is 69.6 Å². The molecule has 0 spiro atoms. The van der Waals surface area contributed by atoms with Crippen LogP contribution in [0.4, 0.5) is 5.13 Å². The van der Waals surface area contributed by atoms with E-state index in [0.29, 0.717) is 0 Å². The highest BCUT2D eigenvalue weighted by molar-refractivity contribution is 7.79. The molecule has 1 aliphatic heterocycles. The molecule has 1 fully saturated rings. The van der Waals surface area contributed by atoms with E-state index < -0.39 is 11.1 Å². The SMILES string of the molecule is CCCC(N1CCN(c2nc(Cc3ccc(C)cc3)ns2)CC1)S(=O)O. The number of hydrogen-bond acceptors (Lipinski definition) is 6. The summed E-state index contributed by atoms with van der Waals surface area (Å²) in [6.45, 7) is 7.33. The number of hydrogen-bond donors (Lipinski definition) is 1. The van der Waals surface area contributed by atoms with Crippen molar-refractivity contribution in [2.24, 2.45) is 0 Å². The van der Waals surface area contributed by atoms with Crippen LogP contribution in [0.3, 0.4) is 0 Å². The van der Waals surface area contributed by atoms with Crippen molar-refractivity contribution in [1.82, 2.24) is 14.3 Å². The number of nitrogens with zero attached hydrogens (tertiary/aromatic N) is 4. The summed E-state index contributed by atoms with van der Waals surface area (Å²) in [7, 11) is 0. The zero-order chi connectivity index (χ0) is 18.5. The molecule has 3 rings (SSSR count). The zero-order valence-electron chi connectivity index (χ0n) is 15.3. The molecule has 0 radical (unpaired) electrons. The first-order valence-corrected chi connectivity index (χ1v) is 11.0. The first kappa shape index (κ1) is 19.4. The van der Waals surface area contributed by atoms with Crippen LogP contribution in [0, 0.1) is 6.92 Å². The summed E-state index contributed by atoms with van der Waals surface area (Å²) >= 11 is -0.353. The third-order valence-corrected chi connectivity index (χ3v) is 6.51. The second-order valence-electron chi connectivity index (χ2n) is 6.70. The molecule has 142 valence electrons. The highest BCUT2D eigenvalue weighted by atomic mass is 32.2. The molecule has 2 unspecified atom stereocenters. The highest BCUT2D eigenvalue weighted by Gasteiger charge is 2.28. The Bertz CT molecular complexity index is 727. The molecule has 1 aromatic carbocycles. The lowest BCUT2D eigenvalue weighted by Crippen LogP contribution is -2.51. The van der Waals surface area contributed by atoms with Crippen LogP contribution in [0.5, 0.6) is 0 Å². The molecule has 1 aromatic heterocycles. The smallest absolute Gasteiger partial charge is 0.205 e. The summed E-state index contributed by atoms with van der Waals surface area (Å²) in [4.78, 5) is 9.06. The normalized spacial score (nSPS) is 18.0. The predicted molar refractivity (Wildman–Crippen MR) is 107 cm³/mol. The first-order chi connectivity index (χ1) is 12.6. The first-order valence-electron chi connectivity index (χ1n) is 9.03. The van der Waals surface area contributed by atoms with Gasteiger partial charge in [-0.2, -0.15) is 4.37 Å². The molecule has 0 aliphatic carbocycles. The molecule has 2 heterocycles. The maximum Gasteiger partial charge on any atom is 0.205 e. The van der Waals surface area contributed by atoms with E-state index in [4.69, 9.17) is 4.98 Å². The van der Waals surface area contributed by atoms with Crippen molar-refractivity contribution >= 4 is 27.7 Å². The van der Waals surface area contributed by atoms with Crippen LogP contribution in [-0.4, -0.2) is 54.6 Å². The monoisotopic (exact) mass is 394 g/mol. The molecule has 2 atom stereocenters. The minimum Gasteiger partial charge on any atom is -0.344 e. The third-order valence-electron chi connectivity index (χ3n) is 4.70. The van der Waals surface area contributed by atoms with Crippen LogP contribution in [-0.2, 0) is 17.5 Å². The minimum atomic E-state index is -1.79. The number of rotatable bonds is 7. The van der Waals surface area contributed by atoms with E-state index in [-0.39, 0.29) is 5.37 Å². The molecule has 0 bridgehead atoms.